The number of carboxylic acids is 1. The molecule has 0 aliphatic rings. The molecule has 1 aromatic rings. The molecular formula is C9H10O5S. The first-order chi connectivity index (χ1) is 6.96. The zero-order valence-electron chi connectivity index (χ0n) is 8.00. The molecule has 1 N–H and O–H groups in total. The molecule has 0 unspecified atom stereocenters. The highest BCUT2D eigenvalue weighted by atomic mass is 32.2. The van der Waals surface area contributed by atoms with Gasteiger partial charge in [0, 0.05) is 0 Å². The van der Waals surface area contributed by atoms with Crippen molar-refractivity contribution in [3.8, 4) is 5.75 Å². The third-order valence-corrected chi connectivity index (χ3v) is 2.83. The second-order valence-corrected chi connectivity index (χ2v) is 4.59. The molecular weight excluding hydrogens is 220 g/mol. The quantitative estimate of drug-likeness (QED) is 0.784. The van der Waals surface area contributed by atoms with Crippen molar-refractivity contribution in [2.45, 2.75) is 6.92 Å². The maximum Gasteiger partial charge on any atom is 0.339 e. The number of benzene rings is 1. The summed E-state index contributed by atoms with van der Waals surface area (Å²) in [5, 5.41) is 8.76. The van der Waals surface area contributed by atoms with E-state index >= 15 is 0 Å². The van der Waals surface area contributed by atoms with Crippen LogP contribution in [-0.4, -0.2) is 25.2 Å². The fourth-order valence-electron chi connectivity index (χ4n) is 0.912. The van der Waals surface area contributed by atoms with Gasteiger partial charge in [0.25, 0.3) is 0 Å². The topological polar surface area (TPSA) is 80.7 Å². The van der Waals surface area contributed by atoms with Gasteiger partial charge in [0.1, 0.15) is 5.56 Å². The molecule has 0 saturated heterocycles. The van der Waals surface area contributed by atoms with Gasteiger partial charge in [0.2, 0.25) is 0 Å². The second-order valence-electron chi connectivity index (χ2n) is 2.73. The lowest BCUT2D eigenvalue weighted by atomic mass is 10.2. The van der Waals surface area contributed by atoms with Crippen LogP contribution in [-0.2, 0) is 10.1 Å². The normalized spacial score (nSPS) is 11.0. The SMILES string of the molecule is CCS(=O)(=O)Oc1ccccc1C(=O)O. The van der Waals surface area contributed by atoms with Gasteiger partial charge in [0.05, 0.1) is 5.75 Å². The Kier molecular flexibility index (Phi) is 3.31. The number of aromatic carboxylic acids is 1. The number of para-hydroxylation sites is 1. The Bertz CT molecular complexity index is 463. The average molecular weight is 230 g/mol. The summed E-state index contributed by atoms with van der Waals surface area (Å²) >= 11 is 0. The first kappa shape index (κ1) is 11.5. The minimum atomic E-state index is -3.69. The standard InChI is InChI=1S/C9H10O5S/c1-2-15(12,13)14-8-6-4-3-5-7(8)9(10)11/h3-6H,2H2,1H3,(H,10,11). The van der Waals surface area contributed by atoms with Gasteiger partial charge < -0.3 is 9.29 Å². The van der Waals surface area contributed by atoms with Gasteiger partial charge in [0.15, 0.2) is 5.75 Å². The van der Waals surface area contributed by atoms with Gasteiger partial charge >= 0.3 is 16.1 Å². The van der Waals surface area contributed by atoms with Crippen molar-refractivity contribution >= 4 is 16.1 Å². The highest BCUT2D eigenvalue weighted by Gasteiger charge is 2.16. The van der Waals surface area contributed by atoms with E-state index in [9.17, 15) is 13.2 Å². The largest absolute Gasteiger partial charge is 0.478 e. The first-order valence-electron chi connectivity index (χ1n) is 4.20. The van der Waals surface area contributed by atoms with Crippen LogP contribution in [0.15, 0.2) is 24.3 Å². The van der Waals surface area contributed by atoms with E-state index in [1.54, 1.807) is 0 Å². The van der Waals surface area contributed by atoms with Crippen molar-refractivity contribution in [3.63, 3.8) is 0 Å². The van der Waals surface area contributed by atoms with Crippen molar-refractivity contribution in [3.05, 3.63) is 29.8 Å². The van der Waals surface area contributed by atoms with E-state index in [1.807, 2.05) is 0 Å². The molecule has 0 spiro atoms. The molecule has 82 valence electrons. The minimum Gasteiger partial charge on any atom is -0.478 e. The van der Waals surface area contributed by atoms with Crippen LogP contribution in [0.25, 0.3) is 0 Å². The molecule has 0 saturated carbocycles. The van der Waals surface area contributed by atoms with E-state index < -0.39 is 16.1 Å². The van der Waals surface area contributed by atoms with Gasteiger partial charge in [-0.1, -0.05) is 12.1 Å². The molecule has 5 nitrogen and oxygen atoms in total. The lowest BCUT2D eigenvalue weighted by Crippen LogP contribution is -2.13. The molecule has 0 atom stereocenters. The smallest absolute Gasteiger partial charge is 0.339 e. The van der Waals surface area contributed by atoms with E-state index in [1.165, 1.54) is 31.2 Å². The highest BCUT2D eigenvalue weighted by molar-refractivity contribution is 7.87. The molecule has 0 aliphatic carbocycles. The zero-order valence-corrected chi connectivity index (χ0v) is 8.82. The van der Waals surface area contributed by atoms with E-state index in [2.05, 4.69) is 4.18 Å². The monoisotopic (exact) mass is 230 g/mol. The Hall–Kier alpha value is -1.56. The first-order valence-corrected chi connectivity index (χ1v) is 5.78. The summed E-state index contributed by atoms with van der Waals surface area (Å²) in [7, 11) is -3.69. The Morgan fingerprint density at radius 1 is 1.40 bits per heavy atom. The van der Waals surface area contributed by atoms with Gasteiger partial charge in [-0.05, 0) is 19.1 Å². The third-order valence-electron chi connectivity index (χ3n) is 1.69. The number of carbonyl (C=O) groups is 1. The summed E-state index contributed by atoms with van der Waals surface area (Å²) in [6.45, 7) is 1.42. The summed E-state index contributed by atoms with van der Waals surface area (Å²) < 4.78 is 26.9. The highest BCUT2D eigenvalue weighted by Crippen LogP contribution is 2.19. The average Bonchev–Trinajstić information content (AvgIpc) is 2.18. The summed E-state index contributed by atoms with van der Waals surface area (Å²) in [4.78, 5) is 10.7. The fraction of sp³-hybridized carbons (Fsp3) is 0.222. The molecule has 0 heterocycles. The fourth-order valence-corrected chi connectivity index (χ4v) is 1.45. The molecule has 0 radical (unpaired) electrons. The third kappa shape index (κ3) is 2.95. The molecule has 0 amide bonds. The Labute approximate surface area is 87.4 Å². The molecule has 0 bridgehead atoms. The van der Waals surface area contributed by atoms with E-state index in [4.69, 9.17) is 5.11 Å². The van der Waals surface area contributed by atoms with Gasteiger partial charge in [-0.2, -0.15) is 8.42 Å². The van der Waals surface area contributed by atoms with E-state index in [0.717, 1.165) is 0 Å². The lowest BCUT2D eigenvalue weighted by Gasteiger charge is -2.06. The van der Waals surface area contributed by atoms with Crippen molar-refractivity contribution in [2.75, 3.05) is 5.75 Å². The van der Waals surface area contributed by atoms with E-state index in [0.29, 0.717) is 0 Å². The van der Waals surface area contributed by atoms with Crippen LogP contribution in [0.5, 0.6) is 5.75 Å². The van der Waals surface area contributed by atoms with Crippen molar-refractivity contribution in [1.82, 2.24) is 0 Å². The van der Waals surface area contributed by atoms with Crippen molar-refractivity contribution in [1.29, 1.82) is 0 Å². The summed E-state index contributed by atoms with van der Waals surface area (Å²) in [6, 6.07) is 5.58. The van der Waals surface area contributed by atoms with Crippen LogP contribution in [0.3, 0.4) is 0 Å². The van der Waals surface area contributed by atoms with Gasteiger partial charge in [-0.15, -0.1) is 0 Å². The molecule has 0 fully saturated rings. The molecule has 6 heteroatoms. The number of rotatable bonds is 4. The van der Waals surface area contributed by atoms with Crippen molar-refractivity contribution in [2.24, 2.45) is 0 Å². The Morgan fingerprint density at radius 2 is 2.00 bits per heavy atom. The molecule has 0 aromatic heterocycles. The van der Waals surface area contributed by atoms with Crippen LogP contribution < -0.4 is 4.18 Å². The second kappa shape index (κ2) is 4.31. The Balaban J connectivity index is 3.10. The summed E-state index contributed by atoms with van der Waals surface area (Å²) in [5.41, 5.74) is -0.172. The minimum absolute atomic E-state index is 0.160. The van der Waals surface area contributed by atoms with Crippen LogP contribution in [0.1, 0.15) is 17.3 Å². The van der Waals surface area contributed by atoms with Crippen LogP contribution in [0.4, 0.5) is 0 Å². The molecule has 0 aliphatic heterocycles. The predicted octanol–water partition coefficient (Wildman–Crippen LogP) is 1.11. The molecule has 15 heavy (non-hydrogen) atoms. The Morgan fingerprint density at radius 3 is 2.53 bits per heavy atom. The van der Waals surface area contributed by atoms with Gasteiger partial charge in [-0.3, -0.25) is 0 Å². The predicted molar refractivity (Wildman–Crippen MR) is 53.5 cm³/mol. The zero-order chi connectivity index (χ0) is 11.5. The molecule has 1 aromatic carbocycles. The maximum absolute atomic E-state index is 11.1. The number of carboxylic acid groups (broad SMARTS) is 1. The van der Waals surface area contributed by atoms with Gasteiger partial charge in [-0.25, -0.2) is 4.79 Å². The lowest BCUT2D eigenvalue weighted by molar-refractivity contribution is 0.0695. The van der Waals surface area contributed by atoms with Crippen LogP contribution >= 0.6 is 0 Å². The summed E-state index contributed by atoms with van der Waals surface area (Å²) in [5.74, 6) is -1.59. The van der Waals surface area contributed by atoms with Crippen LogP contribution in [0, 0.1) is 0 Å². The molecule has 1 rings (SSSR count). The summed E-state index contributed by atoms with van der Waals surface area (Å²) in [6.07, 6.45) is 0. The van der Waals surface area contributed by atoms with Crippen LogP contribution in [0.2, 0.25) is 0 Å². The number of hydrogen-bond acceptors (Lipinski definition) is 4. The van der Waals surface area contributed by atoms with E-state index in [-0.39, 0.29) is 17.1 Å². The maximum atomic E-state index is 11.1. The van der Waals surface area contributed by atoms with Crippen molar-refractivity contribution < 1.29 is 22.5 Å². The number of hydrogen-bond donors (Lipinski definition) is 1.